The molecule has 2 N–H and O–H groups in total. The maximum absolute atomic E-state index is 11.2. The Bertz CT molecular complexity index is 827. The van der Waals surface area contributed by atoms with Gasteiger partial charge in [-0.05, 0) is 37.7 Å². The highest BCUT2D eigenvalue weighted by Gasteiger charge is 2.26. The minimum absolute atomic E-state index is 0.109. The van der Waals surface area contributed by atoms with E-state index in [0.29, 0.717) is 18.5 Å². The summed E-state index contributed by atoms with van der Waals surface area (Å²) in [6.45, 7) is 0.411. The number of aliphatic hydroxyl groups is 1. The molecule has 3 rings (SSSR count). The summed E-state index contributed by atoms with van der Waals surface area (Å²) in [5.74, 6) is 1.26. The van der Waals surface area contributed by atoms with Gasteiger partial charge in [0.1, 0.15) is 24.5 Å². The van der Waals surface area contributed by atoms with Crippen LogP contribution in [0.2, 0.25) is 0 Å². The fourth-order valence-corrected chi connectivity index (χ4v) is 4.10. The van der Waals surface area contributed by atoms with Crippen LogP contribution in [-0.4, -0.2) is 53.9 Å². The van der Waals surface area contributed by atoms with Crippen molar-refractivity contribution in [2.24, 2.45) is 5.92 Å². The van der Waals surface area contributed by atoms with E-state index in [1.54, 1.807) is 4.57 Å². The fraction of sp³-hybridized carbons (Fsp3) is 0.625. The summed E-state index contributed by atoms with van der Waals surface area (Å²) in [6.07, 6.45) is 8.52. The molecule has 8 nitrogen and oxygen atoms in total. The molecule has 138 valence electrons. The normalized spacial score (nSPS) is 21.6. The predicted octanol–water partition coefficient (Wildman–Crippen LogP) is 0.925. The van der Waals surface area contributed by atoms with E-state index in [0.717, 1.165) is 42.5 Å². The van der Waals surface area contributed by atoms with Crippen molar-refractivity contribution in [3.8, 4) is 0 Å². The zero-order valence-electron chi connectivity index (χ0n) is 14.6. The molecule has 0 radical (unpaired) electrons. The smallest absolute Gasteiger partial charge is 0.208 e. The first-order valence-corrected chi connectivity index (χ1v) is 10.4. The number of nitrogens with one attached hydrogen (secondary N) is 1. The van der Waals surface area contributed by atoms with E-state index in [4.69, 9.17) is 0 Å². The second-order valence-electron chi connectivity index (χ2n) is 6.77. The van der Waals surface area contributed by atoms with Gasteiger partial charge in [-0.2, -0.15) is 0 Å². The van der Waals surface area contributed by atoms with Crippen LogP contribution in [0.1, 0.15) is 25.7 Å². The second-order valence-corrected chi connectivity index (χ2v) is 8.60. The van der Waals surface area contributed by atoms with Crippen LogP contribution in [0.3, 0.4) is 0 Å². The fourth-order valence-electron chi connectivity index (χ4n) is 3.56. The summed E-state index contributed by atoms with van der Waals surface area (Å²) >= 11 is 0. The van der Waals surface area contributed by atoms with Gasteiger partial charge in [-0.3, -0.25) is 0 Å². The third kappa shape index (κ3) is 4.10. The van der Waals surface area contributed by atoms with Gasteiger partial charge in [0.2, 0.25) is 10.0 Å². The van der Waals surface area contributed by atoms with Gasteiger partial charge in [0.05, 0.1) is 11.6 Å². The largest absolute Gasteiger partial charge is 0.376 e. The maximum Gasteiger partial charge on any atom is 0.208 e. The molecule has 2 heterocycles. The summed E-state index contributed by atoms with van der Waals surface area (Å²) in [5, 5.41) is 10.3. The molecule has 25 heavy (non-hydrogen) atoms. The summed E-state index contributed by atoms with van der Waals surface area (Å²) in [5.41, 5.74) is 0.727. The first-order chi connectivity index (χ1) is 11.9. The average Bonchev–Trinajstić information content (AvgIpc) is 3.02. The number of aromatic nitrogens is 3. The highest BCUT2D eigenvalue weighted by atomic mass is 32.2. The molecular formula is C16H25N5O3S. The second kappa shape index (κ2) is 7.27. The lowest BCUT2D eigenvalue weighted by Crippen LogP contribution is -2.38. The molecule has 1 aliphatic rings. The molecular weight excluding hydrogens is 342 g/mol. The van der Waals surface area contributed by atoms with Crippen molar-refractivity contribution in [1.29, 1.82) is 0 Å². The van der Waals surface area contributed by atoms with Crippen molar-refractivity contribution < 1.29 is 13.5 Å². The molecule has 0 amide bonds. The molecule has 0 bridgehead atoms. The third-order valence-electron chi connectivity index (χ3n) is 5.02. The Morgan fingerprint density at radius 2 is 2.04 bits per heavy atom. The zero-order chi connectivity index (χ0) is 18.0. The number of fused-ring (bicyclic) bond motifs is 1. The van der Waals surface area contributed by atoms with E-state index in [1.165, 1.54) is 12.6 Å². The number of nitrogens with zero attached hydrogens (tertiary/aromatic N) is 4. The number of anilines is 1. The Labute approximate surface area is 147 Å². The Morgan fingerprint density at radius 1 is 1.32 bits per heavy atom. The van der Waals surface area contributed by atoms with E-state index in [1.807, 2.05) is 19.3 Å². The van der Waals surface area contributed by atoms with Crippen LogP contribution >= 0.6 is 0 Å². The van der Waals surface area contributed by atoms with E-state index in [-0.39, 0.29) is 6.73 Å². The van der Waals surface area contributed by atoms with Crippen LogP contribution in [0, 0.1) is 5.92 Å². The molecule has 9 heteroatoms. The van der Waals surface area contributed by atoms with Gasteiger partial charge in [-0.25, -0.2) is 23.1 Å². The van der Waals surface area contributed by atoms with Crippen molar-refractivity contribution in [2.45, 2.75) is 38.5 Å². The molecule has 0 unspecified atom stereocenters. The van der Waals surface area contributed by atoms with E-state index in [9.17, 15) is 13.5 Å². The predicted molar refractivity (Wildman–Crippen MR) is 96.7 cm³/mol. The Hall–Kier alpha value is -1.71. The molecule has 0 atom stereocenters. The van der Waals surface area contributed by atoms with Crippen molar-refractivity contribution in [3.05, 3.63) is 18.6 Å². The standard InChI is InChI=1S/C16H25N5O3S/c1-20(13-5-3-12(4-6-13)9-19-25(2,23)24)15-14-7-8-21(11-22)16(14)18-10-17-15/h7-8,10,12-13,19,22H,3-6,9,11H2,1-2H3. The zero-order valence-corrected chi connectivity index (χ0v) is 15.4. The first kappa shape index (κ1) is 18.1. The lowest BCUT2D eigenvalue weighted by Gasteiger charge is -2.35. The number of hydrogen-bond donors (Lipinski definition) is 2. The molecule has 1 saturated carbocycles. The molecule has 0 spiro atoms. The van der Waals surface area contributed by atoms with Gasteiger partial charge < -0.3 is 14.6 Å². The monoisotopic (exact) mass is 367 g/mol. The number of hydrogen-bond acceptors (Lipinski definition) is 6. The summed E-state index contributed by atoms with van der Waals surface area (Å²) in [6, 6.07) is 2.30. The molecule has 0 aliphatic heterocycles. The van der Waals surface area contributed by atoms with Crippen molar-refractivity contribution >= 4 is 26.9 Å². The van der Waals surface area contributed by atoms with Crippen LogP contribution in [-0.2, 0) is 16.8 Å². The summed E-state index contributed by atoms with van der Waals surface area (Å²) in [4.78, 5) is 10.9. The number of aliphatic hydroxyl groups excluding tert-OH is 1. The number of sulfonamides is 1. The van der Waals surface area contributed by atoms with Crippen LogP contribution in [0.5, 0.6) is 0 Å². The SMILES string of the molecule is CN(c1ncnc2c1ccn2CO)C1CCC(CNS(C)(=O)=O)CC1. The minimum Gasteiger partial charge on any atom is -0.376 e. The van der Waals surface area contributed by atoms with Crippen molar-refractivity contribution in [3.63, 3.8) is 0 Å². The average molecular weight is 367 g/mol. The van der Waals surface area contributed by atoms with Crippen molar-refractivity contribution in [1.82, 2.24) is 19.3 Å². The van der Waals surface area contributed by atoms with E-state index < -0.39 is 10.0 Å². The molecule has 2 aromatic heterocycles. The summed E-state index contributed by atoms with van der Waals surface area (Å²) in [7, 11) is -1.08. The van der Waals surface area contributed by atoms with Gasteiger partial charge >= 0.3 is 0 Å². The van der Waals surface area contributed by atoms with Crippen molar-refractivity contribution in [2.75, 3.05) is 24.7 Å². The minimum atomic E-state index is -3.12. The number of rotatable bonds is 6. The van der Waals surface area contributed by atoms with Crippen LogP contribution in [0.15, 0.2) is 18.6 Å². The third-order valence-corrected chi connectivity index (χ3v) is 5.71. The highest BCUT2D eigenvalue weighted by Crippen LogP contribution is 2.31. The molecule has 0 aromatic carbocycles. The van der Waals surface area contributed by atoms with E-state index >= 15 is 0 Å². The lowest BCUT2D eigenvalue weighted by molar-refractivity contribution is 0.215. The molecule has 0 saturated heterocycles. The topological polar surface area (TPSA) is 100 Å². The van der Waals surface area contributed by atoms with Gasteiger partial charge in [-0.15, -0.1) is 0 Å². The first-order valence-electron chi connectivity index (χ1n) is 8.47. The Kier molecular flexibility index (Phi) is 5.26. The van der Waals surface area contributed by atoms with Gasteiger partial charge in [-0.1, -0.05) is 0 Å². The lowest BCUT2D eigenvalue weighted by atomic mass is 9.85. The van der Waals surface area contributed by atoms with Crippen LogP contribution < -0.4 is 9.62 Å². The van der Waals surface area contributed by atoms with Gasteiger partial charge in [0, 0.05) is 25.8 Å². The Balaban J connectivity index is 1.67. The maximum atomic E-state index is 11.2. The van der Waals surface area contributed by atoms with E-state index in [2.05, 4.69) is 19.6 Å². The summed E-state index contributed by atoms with van der Waals surface area (Å²) < 4.78 is 26.8. The quantitative estimate of drug-likeness (QED) is 0.788. The van der Waals surface area contributed by atoms with Crippen LogP contribution in [0.25, 0.3) is 11.0 Å². The van der Waals surface area contributed by atoms with Crippen LogP contribution in [0.4, 0.5) is 5.82 Å². The molecule has 1 aliphatic carbocycles. The molecule has 1 fully saturated rings. The Morgan fingerprint density at radius 3 is 2.68 bits per heavy atom. The molecule has 2 aromatic rings. The highest BCUT2D eigenvalue weighted by molar-refractivity contribution is 7.88. The van der Waals surface area contributed by atoms with Gasteiger partial charge in [0.25, 0.3) is 0 Å². The van der Waals surface area contributed by atoms with Gasteiger partial charge in [0.15, 0.2) is 0 Å².